The van der Waals surface area contributed by atoms with Crippen LogP contribution < -0.4 is 9.47 Å². The molecule has 0 aliphatic rings. The molecule has 0 radical (unpaired) electrons. The maximum Gasteiger partial charge on any atom is 0.216 e. The van der Waals surface area contributed by atoms with Gasteiger partial charge in [-0.15, -0.1) is 0 Å². The van der Waals surface area contributed by atoms with Crippen molar-refractivity contribution in [1.29, 1.82) is 0 Å². The van der Waals surface area contributed by atoms with Gasteiger partial charge in [0, 0.05) is 5.56 Å². The summed E-state index contributed by atoms with van der Waals surface area (Å²) in [6.45, 7) is 6.57. The lowest BCUT2D eigenvalue weighted by Crippen LogP contribution is -2.10. The number of nitrogens with zero attached hydrogens (tertiary/aromatic N) is 3. The summed E-state index contributed by atoms with van der Waals surface area (Å²) in [6.07, 6.45) is 1.77. The van der Waals surface area contributed by atoms with E-state index < -0.39 is 0 Å². The van der Waals surface area contributed by atoms with Crippen molar-refractivity contribution < 1.29 is 9.47 Å². The average molecular weight is 397 g/mol. The zero-order valence-corrected chi connectivity index (χ0v) is 17.5. The third-order valence-electron chi connectivity index (χ3n) is 4.39. The van der Waals surface area contributed by atoms with Crippen LogP contribution in [0.1, 0.15) is 31.9 Å². The fourth-order valence-electron chi connectivity index (χ4n) is 2.75. The highest BCUT2D eigenvalue weighted by Crippen LogP contribution is 2.31. The lowest BCUT2D eigenvalue weighted by molar-refractivity contribution is 0.355. The first kappa shape index (κ1) is 19.8. The Morgan fingerprint density at radius 2 is 1.71 bits per heavy atom. The Morgan fingerprint density at radius 1 is 1.04 bits per heavy atom. The fourth-order valence-corrected chi connectivity index (χ4v) is 2.93. The molecule has 0 aliphatic heterocycles. The van der Waals surface area contributed by atoms with E-state index in [1.807, 2.05) is 30.3 Å². The van der Waals surface area contributed by atoms with Gasteiger partial charge in [-0.05, 0) is 47.0 Å². The highest BCUT2D eigenvalue weighted by Gasteiger charge is 2.13. The maximum atomic E-state index is 5.38. The van der Waals surface area contributed by atoms with Gasteiger partial charge in [0.25, 0.3) is 0 Å². The van der Waals surface area contributed by atoms with Gasteiger partial charge in [0.05, 0.1) is 20.4 Å². The van der Waals surface area contributed by atoms with E-state index in [1.165, 1.54) is 5.56 Å². The van der Waals surface area contributed by atoms with Gasteiger partial charge in [0.2, 0.25) is 4.77 Å². The van der Waals surface area contributed by atoms with Gasteiger partial charge in [-0.25, -0.2) is 5.10 Å². The molecule has 0 amide bonds. The zero-order chi connectivity index (χ0) is 20.3. The first-order valence-electron chi connectivity index (χ1n) is 8.88. The van der Waals surface area contributed by atoms with Crippen LogP contribution in [0.2, 0.25) is 0 Å². The molecule has 0 aliphatic carbocycles. The topological polar surface area (TPSA) is 64.4 Å². The lowest BCUT2D eigenvalue weighted by atomic mass is 9.87. The Kier molecular flexibility index (Phi) is 5.65. The highest BCUT2D eigenvalue weighted by atomic mass is 32.1. The molecule has 6 nitrogen and oxygen atoms in total. The molecule has 0 fully saturated rings. The van der Waals surface area contributed by atoms with Crippen molar-refractivity contribution in [3.05, 3.63) is 58.4 Å². The molecule has 1 N–H and O–H groups in total. The molecule has 0 bridgehead atoms. The van der Waals surface area contributed by atoms with Gasteiger partial charge in [0.15, 0.2) is 17.3 Å². The molecule has 0 saturated heterocycles. The normalized spacial score (nSPS) is 11.8. The van der Waals surface area contributed by atoms with Crippen molar-refractivity contribution in [2.75, 3.05) is 14.2 Å². The molecule has 7 heteroatoms. The Balaban J connectivity index is 1.94. The minimum Gasteiger partial charge on any atom is -0.493 e. The second-order valence-electron chi connectivity index (χ2n) is 7.35. The number of hydrogen-bond donors (Lipinski definition) is 1. The molecular formula is C21H24N4O2S. The van der Waals surface area contributed by atoms with E-state index in [2.05, 4.69) is 48.2 Å². The minimum absolute atomic E-state index is 0.114. The van der Waals surface area contributed by atoms with Crippen LogP contribution in [-0.2, 0) is 5.41 Å². The number of aromatic nitrogens is 3. The van der Waals surface area contributed by atoms with Crippen LogP contribution in [0, 0.1) is 4.77 Å². The van der Waals surface area contributed by atoms with Crippen LogP contribution in [0.4, 0.5) is 0 Å². The minimum atomic E-state index is 0.114. The van der Waals surface area contributed by atoms with Gasteiger partial charge in [-0.3, -0.25) is 0 Å². The number of aromatic amines is 1. The molecule has 28 heavy (non-hydrogen) atoms. The maximum absolute atomic E-state index is 5.38. The number of nitrogens with one attached hydrogen (secondary N) is 1. The standard InChI is InChI=1S/C21H24N4O2S/c1-21(2,3)16-9-6-14(7-10-16)13-22-25-19(23-24-20(25)28)15-8-11-17(26-4)18(12-15)27-5/h6-13H,1-5H3,(H,24,28). The number of benzene rings is 2. The number of methoxy groups -OCH3 is 2. The Labute approximate surface area is 169 Å². The summed E-state index contributed by atoms with van der Waals surface area (Å²) < 4.78 is 12.7. The molecule has 3 rings (SSSR count). The summed E-state index contributed by atoms with van der Waals surface area (Å²) in [5.74, 6) is 1.85. The predicted molar refractivity (Wildman–Crippen MR) is 114 cm³/mol. The molecule has 0 saturated carbocycles. The number of rotatable bonds is 5. The Hall–Kier alpha value is -2.93. The van der Waals surface area contributed by atoms with Gasteiger partial charge in [0.1, 0.15) is 0 Å². The van der Waals surface area contributed by atoms with E-state index in [0.29, 0.717) is 22.1 Å². The van der Waals surface area contributed by atoms with E-state index in [4.69, 9.17) is 21.7 Å². The third-order valence-corrected chi connectivity index (χ3v) is 4.66. The van der Waals surface area contributed by atoms with E-state index in [-0.39, 0.29) is 5.41 Å². The smallest absolute Gasteiger partial charge is 0.216 e. The Morgan fingerprint density at radius 3 is 2.32 bits per heavy atom. The number of ether oxygens (including phenoxy) is 2. The van der Waals surface area contributed by atoms with Crippen molar-refractivity contribution in [2.45, 2.75) is 26.2 Å². The third kappa shape index (κ3) is 4.14. The molecule has 3 aromatic rings. The number of H-pyrrole nitrogens is 1. The van der Waals surface area contributed by atoms with Crippen molar-refractivity contribution in [2.24, 2.45) is 5.10 Å². The summed E-state index contributed by atoms with van der Waals surface area (Å²) >= 11 is 5.34. The summed E-state index contributed by atoms with van der Waals surface area (Å²) in [5, 5.41) is 11.6. The van der Waals surface area contributed by atoms with Crippen molar-refractivity contribution >= 4 is 18.4 Å². The summed E-state index contributed by atoms with van der Waals surface area (Å²) in [6, 6.07) is 13.9. The second-order valence-corrected chi connectivity index (χ2v) is 7.74. The molecule has 0 spiro atoms. The molecule has 1 heterocycles. The van der Waals surface area contributed by atoms with Gasteiger partial charge < -0.3 is 9.47 Å². The highest BCUT2D eigenvalue weighted by molar-refractivity contribution is 7.71. The van der Waals surface area contributed by atoms with Crippen LogP contribution in [0.5, 0.6) is 11.5 Å². The SMILES string of the molecule is COc1ccc(-c2n[nH]c(=S)n2N=Cc2ccc(C(C)(C)C)cc2)cc1OC. The molecule has 146 valence electrons. The quantitative estimate of drug-likeness (QED) is 0.497. The predicted octanol–water partition coefficient (Wildman–Crippen LogP) is 4.80. The molecule has 0 atom stereocenters. The van der Waals surface area contributed by atoms with E-state index >= 15 is 0 Å². The number of hydrogen-bond acceptors (Lipinski definition) is 5. The van der Waals surface area contributed by atoms with Crippen LogP contribution >= 0.6 is 12.2 Å². The van der Waals surface area contributed by atoms with Crippen LogP contribution in [0.3, 0.4) is 0 Å². The van der Waals surface area contributed by atoms with E-state index in [9.17, 15) is 0 Å². The summed E-state index contributed by atoms with van der Waals surface area (Å²) in [7, 11) is 3.20. The molecule has 2 aromatic carbocycles. The first-order chi connectivity index (χ1) is 13.3. The molecule has 1 aromatic heterocycles. The first-order valence-corrected chi connectivity index (χ1v) is 9.29. The van der Waals surface area contributed by atoms with Crippen LogP contribution in [0.15, 0.2) is 47.6 Å². The van der Waals surface area contributed by atoms with Crippen molar-refractivity contribution in [3.8, 4) is 22.9 Å². The van der Waals surface area contributed by atoms with Gasteiger partial charge in [-0.2, -0.15) is 14.9 Å². The average Bonchev–Trinajstić information content (AvgIpc) is 3.05. The van der Waals surface area contributed by atoms with Crippen LogP contribution in [0.25, 0.3) is 11.4 Å². The van der Waals surface area contributed by atoms with Gasteiger partial charge in [-0.1, -0.05) is 45.0 Å². The fraction of sp³-hybridized carbons (Fsp3) is 0.286. The zero-order valence-electron chi connectivity index (χ0n) is 16.7. The Bertz CT molecular complexity index is 1040. The summed E-state index contributed by atoms with van der Waals surface area (Å²) in [4.78, 5) is 0. The lowest BCUT2D eigenvalue weighted by Gasteiger charge is -2.18. The second kappa shape index (κ2) is 7.98. The van der Waals surface area contributed by atoms with E-state index in [0.717, 1.165) is 11.1 Å². The van der Waals surface area contributed by atoms with Crippen LogP contribution in [-0.4, -0.2) is 35.3 Å². The monoisotopic (exact) mass is 396 g/mol. The summed E-state index contributed by atoms with van der Waals surface area (Å²) in [5.41, 5.74) is 3.18. The molecular weight excluding hydrogens is 372 g/mol. The van der Waals surface area contributed by atoms with Gasteiger partial charge >= 0.3 is 0 Å². The largest absolute Gasteiger partial charge is 0.493 e. The van der Waals surface area contributed by atoms with Crippen molar-refractivity contribution in [1.82, 2.24) is 14.9 Å². The van der Waals surface area contributed by atoms with E-state index in [1.54, 1.807) is 25.1 Å². The van der Waals surface area contributed by atoms with Crippen molar-refractivity contribution in [3.63, 3.8) is 0 Å². The molecule has 0 unspecified atom stereocenters.